The summed E-state index contributed by atoms with van der Waals surface area (Å²) in [6.45, 7) is 0.639. The van der Waals surface area contributed by atoms with Crippen LogP contribution in [0.15, 0.2) is 36.4 Å². The molecule has 9 heteroatoms. The second-order valence-electron chi connectivity index (χ2n) is 8.65. The Hall–Kier alpha value is -2.61. The summed E-state index contributed by atoms with van der Waals surface area (Å²) >= 11 is 12.5. The average molecular weight is 472 g/mol. The molecule has 2 aromatic rings. The highest BCUT2D eigenvalue weighted by Gasteiger charge is 2.74. The zero-order valence-corrected chi connectivity index (χ0v) is 18.6. The van der Waals surface area contributed by atoms with Crippen LogP contribution in [0.2, 0.25) is 10.0 Å². The van der Waals surface area contributed by atoms with Crippen LogP contribution in [0, 0.1) is 11.8 Å². The van der Waals surface area contributed by atoms with E-state index >= 15 is 0 Å². The van der Waals surface area contributed by atoms with Gasteiger partial charge < -0.3 is 10.1 Å². The largest absolute Gasteiger partial charge is 0.497 e. The minimum atomic E-state index is -1.26. The Kier molecular flexibility index (Phi) is 4.19. The third-order valence-electron chi connectivity index (χ3n) is 7.35. The Morgan fingerprint density at radius 1 is 1.09 bits per heavy atom. The lowest BCUT2D eigenvalue weighted by Gasteiger charge is -2.36. The Labute approximate surface area is 194 Å². The van der Waals surface area contributed by atoms with Crippen molar-refractivity contribution in [2.45, 2.75) is 24.4 Å². The molecule has 6 rings (SSSR count). The molecule has 0 saturated carbocycles. The lowest BCUT2D eigenvalue weighted by Crippen LogP contribution is -2.54. The predicted molar refractivity (Wildman–Crippen MR) is 119 cm³/mol. The van der Waals surface area contributed by atoms with Crippen molar-refractivity contribution in [3.63, 3.8) is 0 Å². The van der Waals surface area contributed by atoms with E-state index in [2.05, 4.69) is 10.2 Å². The van der Waals surface area contributed by atoms with Gasteiger partial charge in [-0.25, -0.2) is 4.90 Å². The second kappa shape index (κ2) is 6.70. The highest BCUT2D eigenvalue weighted by Crippen LogP contribution is 2.61. The van der Waals surface area contributed by atoms with Gasteiger partial charge in [0.25, 0.3) is 0 Å². The number of benzene rings is 2. The van der Waals surface area contributed by atoms with E-state index in [4.69, 9.17) is 27.9 Å². The molecule has 3 amide bonds. The minimum Gasteiger partial charge on any atom is -0.497 e. The predicted octanol–water partition coefficient (Wildman–Crippen LogP) is 3.43. The summed E-state index contributed by atoms with van der Waals surface area (Å²) in [6.07, 6.45) is 1.59. The second-order valence-corrected chi connectivity index (χ2v) is 9.49. The van der Waals surface area contributed by atoms with Crippen LogP contribution in [0.1, 0.15) is 18.4 Å². The van der Waals surface area contributed by atoms with Crippen LogP contribution in [-0.4, -0.2) is 42.3 Å². The van der Waals surface area contributed by atoms with Crippen LogP contribution < -0.4 is 15.0 Å². The number of carbonyl (C=O) groups excluding carboxylic acids is 3. The van der Waals surface area contributed by atoms with Crippen LogP contribution in [0.25, 0.3) is 0 Å². The summed E-state index contributed by atoms with van der Waals surface area (Å²) in [4.78, 5) is 44.5. The summed E-state index contributed by atoms with van der Waals surface area (Å²) in [5, 5.41) is 3.58. The third kappa shape index (κ3) is 2.28. The van der Waals surface area contributed by atoms with Crippen molar-refractivity contribution in [3.05, 3.63) is 52.0 Å². The van der Waals surface area contributed by atoms with E-state index in [1.54, 1.807) is 37.4 Å². The van der Waals surface area contributed by atoms with Crippen LogP contribution in [0.4, 0.5) is 11.4 Å². The molecule has 4 heterocycles. The monoisotopic (exact) mass is 471 g/mol. The number of hydrogen-bond acceptors (Lipinski definition) is 5. The number of anilines is 2. The van der Waals surface area contributed by atoms with E-state index in [1.807, 2.05) is 0 Å². The Bertz CT molecular complexity index is 1220. The van der Waals surface area contributed by atoms with Crippen molar-refractivity contribution in [1.29, 1.82) is 0 Å². The molecule has 4 atom stereocenters. The molecule has 0 aromatic heterocycles. The fraction of sp³-hybridized carbons (Fsp3) is 0.348. The van der Waals surface area contributed by atoms with Gasteiger partial charge in [0.1, 0.15) is 11.3 Å². The van der Waals surface area contributed by atoms with E-state index in [-0.39, 0.29) is 28.6 Å². The maximum Gasteiger partial charge on any atom is 0.250 e. The van der Waals surface area contributed by atoms with Gasteiger partial charge in [0.05, 0.1) is 29.7 Å². The molecule has 4 aliphatic rings. The van der Waals surface area contributed by atoms with E-state index in [0.717, 1.165) is 17.7 Å². The Morgan fingerprint density at radius 2 is 1.91 bits per heavy atom. The van der Waals surface area contributed by atoms with Gasteiger partial charge in [-0.2, -0.15) is 0 Å². The minimum absolute atomic E-state index is 0.206. The third-order valence-corrected chi connectivity index (χ3v) is 7.90. The number of rotatable bonds is 2. The first-order chi connectivity index (χ1) is 15.4. The molecular formula is C23H19Cl2N3O4. The quantitative estimate of drug-likeness (QED) is 0.678. The maximum atomic E-state index is 13.9. The lowest BCUT2D eigenvalue weighted by molar-refractivity contribution is -0.135. The number of amides is 3. The fourth-order valence-electron chi connectivity index (χ4n) is 6.20. The van der Waals surface area contributed by atoms with Crippen molar-refractivity contribution in [1.82, 2.24) is 4.90 Å². The van der Waals surface area contributed by atoms with Gasteiger partial charge in [0.15, 0.2) is 0 Å². The van der Waals surface area contributed by atoms with E-state index in [9.17, 15) is 14.4 Å². The topological polar surface area (TPSA) is 79.0 Å². The van der Waals surface area contributed by atoms with Crippen LogP contribution in [0.3, 0.4) is 0 Å². The highest BCUT2D eigenvalue weighted by atomic mass is 35.5. The molecule has 0 unspecified atom stereocenters. The number of methoxy groups -OCH3 is 1. The van der Waals surface area contributed by atoms with Crippen molar-refractivity contribution in [2.75, 3.05) is 23.9 Å². The van der Waals surface area contributed by atoms with Gasteiger partial charge in [-0.05, 0) is 55.8 Å². The summed E-state index contributed by atoms with van der Waals surface area (Å²) in [6, 6.07) is 9.84. The smallest absolute Gasteiger partial charge is 0.250 e. The molecule has 2 aromatic carbocycles. The number of ether oxygens (including phenoxy) is 1. The van der Waals surface area contributed by atoms with E-state index < -0.39 is 23.3 Å². The molecule has 3 saturated heterocycles. The van der Waals surface area contributed by atoms with Crippen molar-refractivity contribution < 1.29 is 19.1 Å². The van der Waals surface area contributed by atoms with Gasteiger partial charge in [-0.15, -0.1) is 0 Å². The molecule has 3 fully saturated rings. The number of carbonyl (C=O) groups is 3. The van der Waals surface area contributed by atoms with Crippen LogP contribution >= 0.6 is 23.2 Å². The maximum absolute atomic E-state index is 13.9. The van der Waals surface area contributed by atoms with Crippen LogP contribution in [0.5, 0.6) is 5.75 Å². The molecular weight excluding hydrogens is 453 g/mol. The number of imide groups is 1. The van der Waals surface area contributed by atoms with Gasteiger partial charge in [0, 0.05) is 22.3 Å². The molecule has 0 radical (unpaired) electrons. The normalized spacial score (nSPS) is 30.7. The summed E-state index contributed by atoms with van der Waals surface area (Å²) < 4.78 is 5.42. The summed E-state index contributed by atoms with van der Waals surface area (Å²) in [7, 11) is 1.56. The number of nitrogens with zero attached hydrogens (tertiary/aromatic N) is 2. The Balaban J connectivity index is 1.57. The zero-order chi connectivity index (χ0) is 22.4. The van der Waals surface area contributed by atoms with Crippen molar-refractivity contribution in [2.24, 2.45) is 11.8 Å². The van der Waals surface area contributed by atoms with Gasteiger partial charge in [-0.3, -0.25) is 19.3 Å². The number of halogens is 2. The van der Waals surface area contributed by atoms with Crippen molar-refractivity contribution in [3.8, 4) is 5.75 Å². The first kappa shape index (κ1) is 20.0. The number of hydrogen-bond donors (Lipinski definition) is 1. The molecule has 7 nitrogen and oxygen atoms in total. The first-order valence-corrected chi connectivity index (χ1v) is 11.2. The molecule has 1 N–H and O–H groups in total. The molecule has 0 bridgehead atoms. The van der Waals surface area contributed by atoms with Gasteiger partial charge >= 0.3 is 0 Å². The molecule has 32 heavy (non-hydrogen) atoms. The zero-order valence-electron chi connectivity index (χ0n) is 17.1. The average Bonchev–Trinajstić information content (AvgIpc) is 3.48. The molecule has 4 aliphatic heterocycles. The van der Waals surface area contributed by atoms with E-state index in [0.29, 0.717) is 28.6 Å². The standard InChI is InChI=1S/C23H19Cl2N3O4/c1-32-12-5-7-15-13(10-12)23(22(31)26-15)19-18(16-3-2-8-27(16)23)20(29)28(21(19)30)17-9-11(24)4-6-14(17)25/h4-7,9-10,16,18-19H,2-3,8H2,1H3,(H,26,31)/t16-,18-,19-,23+/m1/s1. The van der Waals surface area contributed by atoms with Crippen molar-refractivity contribution >= 4 is 52.3 Å². The first-order valence-electron chi connectivity index (χ1n) is 10.5. The lowest BCUT2D eigenvalue weighted by atomic mass is 9.75. The molecule has 1 spiro atoms. The van der Waals surface area contributed by atoms with Crippen LogP contribution in [-0.2, 0) is 19.9 Å². The van der Waals surface area contributed by atoms with Gasteiger partial charge in [0.2, 0.25) is 17.7 Å². The molecule has 164 valence electrons. The molecule has 0 aliphatic carbocycles. The number of nitrogens with one attached hydrogen (secondary N) is 1. The summed E-state index contributed by atoms with van der Waals surface area (Å²) in [5.41, 5.74) is 0.318. The highest BCUT2D eigenvalue weighted by molar-refractivity contribution is 6.38. The summed E-state index contributed by atoms with van der Waals surface area (Å²) in [5.74, 6) is -1.94. The number of fused-ring (bicyclic) bond motifs is 7. The van der Waals surface area contributed by atoms with E-state index in [1.165, 1.54) is 6.07 Å². The van der Waals surface area contributed by atoms with Gasteiger partial charge in [-0.1, -0.05) is 23.2 Å². The Morgan fingerprint density at radius 3 is 2.69 bits per heavy atom. The SMILES string of the molecule is COc1ccc2c(c1)[C@@]1(C(=O)N2)[C@H]2C(=O)N(c3cc(Cl)ccc3Cl)C(=O)[C@@H]2[C@H]2CCCN21. The fourth-order valence-corrected chi connectivity index (χ4v) is 6.57.